The molecule has 1 amide bonds. The van der Waals surface area contributed by atoms with Gasteiger partial charge in [-0.25, -0.2) is 9.78 Å². The number of amides is 1. The van der Waals surface area contributed by atoms with Gasteiger partial charge in [-0.1, -0.05) is 6.42 Å². The summed E-state index contributed by atoms with van der Waals surface area (Å²) in [5, 5.41) is 9.68. The van der Waals surface area contributed by atoms with Gasteiger partial charge < -0.3 is 19.1 Å². The zero-order valence-electron chi connectivity index (χ0n) is 20.2. The highest BCUT2D eigenvalue weighted by atomic mass is 16.5. The number of carboxylic acid groups (broad SMARTS) is 1. The van der Waals surface area contributed by atoms with Gasteiger partial charge in [0.15, 0.2) is 0 Å². The third-order valence-electron chi connectivity index (χ3n) is 8.06. The molecule has 3 heterocycles. The van der Waals surface area contributed by atoms with Crippen molar-refractivity contribution in [2.24, 2.45) is 11.8 Å². The molecule has 2 aliphatic heterocycles. The van der Waals surface area contributed by atoms with Crippen LogP contribution in [0, 0.1) is 11.8 Å². The van der Waals surface area contributed by atoms with E-state index in [2.05, 4.69) is 10.6 Å². The van der Waals surface area contributed by atoms with Crippen LogP contribution in [0.3, 0.4) is 0 Å². The van der Waals surface area contributed by atoms with E-state index in [4.69, 9.17) is 14.5 Å². The van der Waals surface area contributed by atoms with Crippen molar-refractivity contribution in [3.63, 3.8) is 0 Å². The maximum atomic E-state index is 12.6. The van der Waals surface area contributed by atoms with Crippen LogP contribution in [0.5, 0.6) is 0 Å². The standard InChI is InChI=1S/C26H35N3O5/c1-16-6-8-20-21(28(16)26(32)33-2)9-10-22-24(20)27-23(11-7-17-12-13-34-15-17)29(22)19-5-3-4-18(14-19)25(30)31/h9-10,16-19H,3-8,11-15H2,1-2H3,(H,30,31)/t16-,17-,18+,19+/m0/s1. The molecule has 0 spiro atoms. The number of imidazole rings is 1. The monoisotopic (exact) mass is 469 g/mol. The highest BCUT2D eigenvalue weighted by Gasteiger charge is 2.34. The van der Waals surface area contributed by atoms with Gasteiger partial charge >= 0.3 is 12.1 Å². The summed E-state index contributed by atoms with van der Waals surface area (Å²) in [7, 11) is 1.42. The number of carbonyl (C=O) groups is 2. The number of anilines is 1. The predicted octanol–water partition coefficient (Wildman–Crippen LogP) is 4.73. The fourth-order valence-corrected chi connectivity index (χ4v) is 6.17. The molecule has 1 aromatic heterocycles. The van der Waals surface area contributed by atoms with Crippen molar-refractivity contribution in [3.05, 3.63) is 23.5 Å². The Hall–Kier alpha value is -2.61. The van der Waals surface area contributed by atoms with Gasteiger partial charge in [0.25, 0.3) is 0 Å². The van der Waals surface area contributed by atoms with Gasteiger partial charge in [0.2, 0.25) is 0 Å². The van der Waals surface area contributed by atoms with Crippen molar-refractivity contribution < 1.29 is 24.2 Å². The van der Waals surface area contributed by atoms with Gasteiger partial charge in [-0.2, -0.15) is 0 Å². The number of fused-ring (bicyclic) bond motifs is 3. The molecule has 184 valence electrons. The Balaban J connectivity index is 1.57. The number of aromatic nitrogens is 2. The molecule has 2 aromatic rings. The first-order valence-corrected chi connectivity index (χ1v) is 12.7. The summed E-state index contributed by atoms with van der Waals surface area (Å²) in [6.45, 7) is 3.69. The van der Waals surface area contributed by atoms with Crippen LogP contribution < -0.4 is 4.90 Å². The summed E-state index contributed by atoms with van der Waals surface area (Å²) in [5.41, 5.74) is 3.99. The molecule has 0 unspecified atom stereocenters. The average Bonchev–Trinajstić information content (AvgIpc) is 3.49. The largest absolute Gasteiger partial charge is 0.481 e. The first kappa shape index (κ1) is 23.1. The molecular weight excluding hydrogens is 434 g/mol. The van der Waals surface area contributed by atoms with Gasteiger partial charge in [0.1, 0.15) is 5.82 Å². The van der Waals surface area contributed by atoms with Crippen LogP contribution in [0.25, 0.3) is 11.0 Å². The zero-order valence-corrected chi connectivity index (χ0v) is 20.2. The summed E-state index contributed by atoms with van der Waals surface area (Å²) in [6, 6.07) is 4.29. The van der Waals surface area contributed by atoms with E-state index in [0.717, 1.165) is 92.7 Å². The number of methoxy groups -OCH3 is 1. The Kier molecular flexibility index (Phi) is 6.51. The fraction of sp³-hybridized carbons (Fsp3) is 0.654. The fourth-order valence-electron chi connectivity index (χ4n) is 6.17. The number of carboxylic acids is 1. The van der Waals surface area contributed by atoms with Crippen LogP contribution in [-0.2, 0) is 27.1 Å². The second-order valence-electron chi connectivity index (χ2n) is 10.2. The lowest BCUT2D eigenvalue weighted by Gasteiger charge is -2.34. The summed E-state index contributed by atoms with van der Waals surface area (Å²) in [6.07, 6.45) is 7.60. The summed E-state index contributed by atoms with van der Waals surface area (Å²) in [4.78, 5) is 31.3. The topological polar surface area (TPSA) is 93.9 Å². The number of carbonyl (C=O) groups excluding carboxylic acids is 1. The molecule has 1 aliphatic carbocycles. The summed E-state index contributed by atoms with van der Waals surface area (Å²) >= 11 is 0. The number of ether oxygens (including phenoxy) is 2. The molecule has 4 atom stereocenters. The lowest BCUT2D eigenvalue weighted by atomic mass is 9.85. The predicted molar refractivity (Wildman–Crippen MR) is 128 cm³/mol. The molecule has 8 nitrogen and oxygen atoms in total. The molecule has 2 fully saturated rings. The van der Waals surface area contributed by atoms with Gasteiger partial charge in [0, 0.05) is 37.3 Å². The molecule has 8 heteroatoms. The van der Waals surface area contributed by atoms with E-state index in [-0.39, 0.29) is 24.1 Å². The number of benzene rings is 1. The maximum Gasteiger partial charge on any atom is 0.414 e. The van der Waals surface area contributed by atoms with Crippen LogP contribution in [0.15, 0.2) is 12.1 Å². The van der Waals surface area contributed by atoms with Crippen molar-refractivity contribution in [2.75, 3.05) is 25.2 Å². The van der Waals surface area contributed by atoms with Crippen molar-refractivity contribution >= 4 is 28.8 Å². The lowest BCUT2D eigenvalue weighted by molar-refractivity contribution is -0.143. The van der Waals surface area contributed by atoms with E-state index in [1.165, 1.54) is 7.11 Å². The molecule has 34 heavy (non-hydrogen) atoms. The first-order valence-electron chi connectivity index (χ1n) is 12.7. The minimum absolute atomic E-state index is 0.0657. The maximum absolute atomic E-state index is 12.6. The molecule has 1 saturated carbocycles. The molecule has 1 saturated heterocycles. The van der Waals surface area contributed by atoms with Crippen LogP contribution >= 0.6 is 0 Å². The highest BCUT2D eigenvalue weighted by molar-refractivity contribution is 5.95. The molecule has 1 N–H and O–H groups in total. The lowest BCUT2D eigenvalue weighted by Crippen LogP contribution is -2.42. The Bertz CT molecular complexity index is 1070. The van der Waals surface area contributed by atoms with Crippen molar-refractivity contribution in [1.29, 1.82) is 0 Å². The Labute approximate surface area is 200 Å². The Morgan fingerprint density at radius 1 is 1.24 bits per heavy atom. The Morgan fingerprint density at radius 2 is 2.09 bits per heavy atom. The minimum Gasteiger partial charge on any atom is -0.481 e. The molecule has 0 bridgehead atoms. The van der Waals surface area contributed by atoms with E-state index in [0.29, 0.717) is 12.3 Å². The minimum atomic E-state index is -0.695. The van der Waals surface area contributed by atoms with Gasteiger partial charge in [-0.05, 0) is 69.9 Å². The Morgan fingerprint density at radius 3 is 2.82 bits per heavy atom. The second kappa shape index (κ2) is 9.56. The number of aliphatic carboxylic acids is 1. The third-order valence-corrected chi connectivity index (χ3v) is 8.06. The van der Waals surface area contributed by atoms with E-state index in [1.807, 2.05) is 13.0 Å². The van der Waals surface area contributed by atoms with Crippen LogP contribution in [0.1, 0.15) is 69.3 Å². The molecular formula is C26H35N3O5. The van der Waals surface area contributed by atoms with Crippen LogP contribution in [-0.4, -0.2) is 53.1 Å². The normalized spacial score (nSPS) is 27.1. The van der Waals surface area contributed by atoms with Gasteiger partial charge in [-0.15, -0.1) is 0 Å². The number of nitrogens with zero attached hydrogens (tertiary/aromatic N) is 3. The number of aryl methyl sites for hydroxylation is 2. The van der Waals surface area contributed by atoms with Crippen molar-refractivity contribution in [3.8, 4) is 0 Å². The van der Waals surface area contributed by atoms with E-state index in [9.17, 15) is 14.7 Å². The molecule has 1 aromatic carbocycles. The number of hydrogen-bond acceptors (Lipinski definition) is 5. The second-order valence-corrected chi connectivity index (χ2v) is 10.2. The zero-order chi connectivity index (χ0) is 23.8. The molecule has 3 aliphatic rings. The van der Waals surface area contributed by atoms with Gasteiger partial charge in [-0.3, -0.25) is 9.69 Å². The number of hydrogen-bond donors (Lipinski definition) is 1. The summed E-state index contributed by atoms with van der Waals surface area (Å²) < 4.78 is 13.0. The average molecular weight is 470 g/mol. The smallest absolute Gasteiger partial charge is 0.414 e. The third kappa shape index (κ3) is 4.17. The SMILES string of the molecule is COC(=O)N1c2ccc3c(nc(CC[C@H]4CCOC4)n3[C@@H]3CCC[C@@H](C(=O)O)C3)c2CC[C@@H]1C. The summed E-state index contributed by atoms with van der Waals surface area (Å²) in [5.74, 6) is 0.588. The van der Waals surface area contributed by atoms with Crippen molar-refractivity contribution in [2.45, 2.75) is 76.8 Å². The molecule has 5 rings (SSSR count). The van der Waals surface area contributed by atoms with E-state index >= 15 is 0 Å². The van der Waals surface area contributed by atoms with Crippen LogP contribution in [0.4, 0.5) is 10.5 Å². The van der Waals surface area contributed by atoms with E-state index < -0.39 is 5.97 Å². The number of rotatable bonds is 5. The van der Waals surface area contributed by atoms with Gasteiger partial charge in [0.05, 0.1) is 29.7 Å². The highest BCUT2D eigenvalue weighted by Crippen LogP contribution is 2.41. The van der Waals surface area contributed by atoms with E-state index in [1.54, 1.807) is 4.90 Å². The first-order chi connectivity index (χ1) is 16.5. The quantitative estimate of drug-likeness (QED) is 0.680. The van der Waals surface area contributed by atoms with Crippen LogP contribution in [0.2, 0.25) is 0 Å². The molecule has 0 radical (unpaired) electrons. The van der Waals surface area contributed by atoms with Crippen molar-refractivity contribution in [1.82, 2.24) is 9.55 Å².